The van der Waals surface area contributed by atoms with E-state index >= 15 is 0 Å². The fourth-order valence-electron chi connectivity index (χ4n) is 1.81. The Labute approximate surface area is 88.4 Å². The van der Waals surface area contributed by atoms with Crippen molar-refractivity contribution in [3.05, 3.63) is 18.0 Å². The van der Waals surface area contributed by atoms with Crippen molar-refractivity contribution < 1.29 is 9.53 Å². The molecular weight excluding hydrogens is 194 g/mol. The number of aromatic nitrogens is 2. The van der Waals surface area contributed by atoms with Crippen LogP contribution in [-0.4, -0.2) is 47.3 Å². The van der Waals surface area contributed by atoms with Crippen LogP contribution >= 0.6 is 0 Å². The molecule has 2 heterocycles. The van der Waals surface area contributed by atoms with Gasteiger partial charge in [-0.2, -0.15) is 5.10 Å². The van der Waals surface area contributed by atoms with Gasteiger partial charge in [0.15, 0.2) is 0 Å². The van der Waals surface area contributed by atoms with Gasteiger partial charge in [-0.3, -0.25) is 9.89 Å². The molecule has 1 aliphatic rings. The summed E-state index contributed by atoms with van der Waals surface area (Å²) in [5.74, 6) is 0.0238. The van der Waals surface area contributed by atoms with Gasteiger partial charge in [-0.25, -0.2) is 0 Å². The van der Waals surface area contributed by atoms with Crippen LogP contribution in [0.2, 0.25) is 0 Å². The van der Waals surface area contributed by atoms with Crippen LogP contribution in [0.1, 0.15) is 23.2 Å². The van der Waals surface area contributed by atoms with E-state index in [-0.39, 0.29) is 5.91 Å². The van der Waals surface area contributed by atoms with E-state index in [2.05, 4.69) is 10.2 Å². The largest absolute Gasteiger partial charge is 0.381 e. The molecule has 0 unspecified atom stereocenters. The second kappa shape index (κ2) is 4.44. The molecule has 0 aromatic carbocycles. The summed E-state index contributed by atoms with van der Waals surface area (Å²) in [6.45, 7) is 1.49. The number of ether oxygens (including phenoxy) is 1. The van der Waals surface area contributed by atoms with E-state index in [0.29, 0.717) is 11.6 Å². The fourth-order valence-corrected chi connectivity index (χ4v) is 1.81. The Bertz CT molecular complexity index is 317. The highest BCUT2D eigenvalue weighted by Crippen LogP contribution is 2.14. The zero-order valence-corrected chi connectivity index (χ0v) is 8.77. The van der Waals surface area contributed by atoms with Crippen molar-refractivity contribution in [3.8, 4) is 0 Å². The number of carbonyl (C=O) groups excluding carboxylic acids is 1. The first-order valence-corrected chi connectivity index (χ1v) is 5.12. The van der Waals surface area contributed by atoms with Gasteiger partial charge in [-0.1, -0.05) is 0 Å². The number of H-pyrrole nitrogens is 1. The third-order valence-corrected chi connectivity index (χ3v) is 2.80. The molecule has 0 spiro atoms. The number of hydrogen-bond acceptors (Lipinski definition) is 3. The SMILES string of the molecule is CN(C(=O)c1cn[nH]c1)C1CCOCC1. The molecule has 1 aromatic heterocycles. The van der Waals surface area contributed by atoms with Crippen molar-refractivity contribution in [2.24, 2.45) is 0 Å². The second-order valence-electron chi connectivity index (χ2n) is 3.75. The molecule has 0 atom stereocenters. The molecule has 15 heavy (non-hydrogen) atoms. The summed E-state index contributed by atoms with van der Waals surface area (Å²) in [7, 11) is 1.84. The lowest BCUT2D eigenvalue weighted by Gasteiger charge is -2.30. The molecule has 1 amide bonds. The van der Waals surface area contributed by atoms with Crippen LogP contribution in [0.5, 0.6) is 0 Å². The van der Waals surface area contributed by atoms with Crippen molar-refractivity contribution in [2.75, 3.05) is 20.3 Å². The van der Waals surface area contributed by atoms with Crippen molar-refractivity contribution in [1.82, 2.24) is 15.1 Å². The molecule has 0 radical (unpaired) electrons. The molecule has 5 nitrogen and oxygen atoms in total. The molecule has 0 aliphatic carbocycles. The minimum atomic E-state index is 0.0238. The van der Waals surface area contributed by atoms with Crippen LogP contribution in [-0.2, 0) is 4.74 Å². The Morgan fingerprint density at radius 3 is 2.93 bits per heavy atom. The normalized spacial score (nSPS) is 17.7. The predicted octanol–water partition coefficient (Wildman–Crippen LogP) is 0.661. The zero-order valence-electron chi connectivity index (χ0n) is 8.77. The molecule has 1 aliphatic heterocycles. The van der Waals surface area contributed by atoms with Gasteiger partial charge in [0, 0.05) is 32.5 Å². The number of aromatic amines is 1. The van der Waals surface area contributed by atoms with Crippen molar-refractivity contribution in [2.45, 2.75) is 18.9 Å². The zero-order chi connectivity index (χ0) is 10.7. The Hall–Kier alpha value is -1.36. The molecule has 1 saturated heterocycles. The number of hydrogen-bond donors (Lipinski definition) is 1. The average Bonchev–Trinajstić information content (AvgIpc) is 2.82. The van der Waals surface area contributed by atoms with Crippen LogP contribution in [0, 0.1) is 0 Å². The Kier molecular flexibility index (Phi) is 3.01. The van der Waals surface area contributed by atoms with E-state index in [1.165, 1.54) is 0 Å². The Morgan fingerprint density at radius 1 is 1.60 bits per heavy atom. The molecule has 2 rings (SSSR count). The number of nitrogens with one attached hydrogen (secondary N) is 1. The third-order valence-electron chi connectivity index (χ3n) is 2.80. The van der Waals surface area contributed by atoms with Crippen LogP contribution in [0.3, 0.4) is 0 Å². The number of carbonyl (C=O) groups is 1. The van der Waals surface area contributed by atoms with E-state index < -0.39 is 0 Å². The summed E-state index contributed by atoms with van der Waals surface area (Å²) in [4.78, 5) is 13.7. The summed E-state index contributed by atoms with van der Waals surface area (Å²) in [6, 6.07) is 0.293. The van der Waals surface area contributed by atoms with Crippen LogP contribution in [0.25, 0.3) is 0 Å². The summed E-state index contributed by atoms with van der Waals surface area (Å²) >= 11 is 0. The summed E-state index contributed by atoms with van der Waals surface area (Å²) in [5.41, 5.74) is 0.615. The van der Waals surface area contributed by atoms with E-state index in [1.54, 1.807) is 17.3 Å². The van der Waals surface area contributed by atoms with Gasteiger partial charge in [0.25, 0.3) is 5.91 Å². The second-order valence-corrected chi connectivity index (χ2v) is 3.75. The predicted molar refractivity (Wildman–Crippen MR) is 54.5 cm³/mol. The number of rotatable bonds is 2. The average molecular weight is 209 g/mol. The van der Waals surface area contributed by atoms with Gasteiger partial charge in [0.2, 0.25) is 0 Å². The highest BCUT2D eigenvalue weighted by molar-refractivity contribution is 5.93. The molecule has 0 bridgehead atoms. The van der Waals surface area contributed by atoms with E-state index in [0.717, 1.165) is 26.1 Å². The lowest BCUT2D eigenvalue weighted by molar-refractivity contribution is 0.0362. The molecule has 1 N–H and O–H groups in total. The Morgan fingerprint density at radius 2 is 2.33 bits per heavy atom. The molecule has 1 aromatic rings. The first kappa shape index (κ1) is 10.2. The lowest BCUT2D eigenvalue weighted by Crippen LogP contribution is -2.40. The monoisotopic (exact) mass is 209 g/mol. The van der Waals surface area contributed by atoms with Gasteiger partial charge in [-0.15, -0.1) is 0 Å². The lowest BCUT2D eigenvalue weighted by atomic mass is 10.1. The summed E-state index contributed by atoms with van der Waals surface area (Å²) in [6.07, 6.45) is 5.01. The molecule has 5 heteroatoms. The van der Waals surface area contributed by atoms with Crippen LogP contribution in [0.15, 0.2) is 12.4 Å². The van der Waals surface area contributed by atoms with E-state index in [1.807, 2.05) is 7.05 Å². The van der Waals surface area contributed by atoms with Gasteiger partial charge in [-0.05, 0) is 12.8 Å². The van der Waals surface area contributed by atoms with Gasteiger partial charge >= 0.3 is 0 Å². The maximum atomic E-state index is 11.9. The maximum absolute atomic E-state index is 11.9. The minimum Gasteiger partial charge on any atom is -0.381 e. The minimum absolute atomic E-state index is 0.0238. The van der Waals surface area contributed by atoms with Crippen molar-refractivity contribution >= 4 is 5.91 Å². The topological polar surface area (TPSA) is 58.2 Å². The first-order chi connectivity index (χ1) is 7.29. The molecule has 82 valence electrons. The highest BCUT2D eigenvalue weighted by Gasteiger charge is 2.23. The quantitative estimate of drug-likeness (QED) is 0.778. The van der Waals surface area contributed by atoms with E-state index in [4.69, 9.17) is 4.74 Å². The fraction of sp³-hybridized carbons (Fsp3) is 0.600. The third kappa shape index (κ3) is 2.18. The first-order valence-electron chi connectivity index (χ1n) is 5.12. The van der Waals surface area contributed by atoms with Crippen LogP contribution in [0.4, 0.5) is 0 Å². The number of nitrogens with zero attached hydrogens (tertiary/aromatic N) is 2. The van der Waals surface area contributed by atoms with E-state index in [9.17, 15) is 4.79 Å². The standard InChI is InChI=1S/C10H15N3O2/c1-13(9-2-4-15-5-3-9)10(14)8-6-11-12-7-8/h6-7,9H,2-5H2,1H3,(H,11,12). The highest BCUT2D eigenvalue weighted by atomic mass is 16.5. The molecule has 1 fully saturated rings. The smallest absolute Gasteiger partial charge is 0.257 e. The van der Waals surface area contributed by atoms with Crippen LogP contribution < -0.4 is 0 Å². The van der Waals surface area contributed by atoms with Crippen molar-refractivity contribution in [3.63, 3.8) is 0 Å². The summed E-state index contributed by atoms with van der Waals surface area (Å²) in [5, 5.41) is 6.42. The molecule has 0 saturated carbocycles. The number of amides is 1. The Balaban J connectivity index is 2.00. The maximum Gasteiger partial charge on any atom is 0.257 e. The van der Waals surface area contributed by atoms with Crippen molar-refractivity contribution in [1.29, 1.82) is 0 Å². The molecular formula is C10H15N3O2. The summed E-state index contributed by atoms with van der Waals surface area (Å²) < 4.78 is 5.26. The van der Waals surface area contributed by atoms with Gasteiger partial charge in [0.05, 0.1) is 11.8 Å². The van der Waals surface area contributed by atoms with Gasteiger partial charge < -0.3 is 9.64 Å². The van der Waals surface area contributed by atoms with Gasteiger partial charge in [0.1, 0.15) is 0 Å².